The SMILES string of the molecule is C[Si](C)(C)C1SC(Cl)(S(=O)(=O)C23CC4CC(CC(C4)C2)C3)Sc2c(Cl)c(Cl)c(Cl)c(Cl)c21. The molecular formula is C21H25Cl5O2S3Si. The van der Waals surface area contributed by atoms with Crippen LogP contribution in [0.25, 0.3) is 0 Å². The molecule has 4 saturated carbocycles. The Morgan fingerprint density at radius 2 is 1.31 bits per heavy atom. The fourth-order valence-electron chi connectivity index (χ4n) is 6.66. The summed E-state index contributed by atoms with van der Waals surface area (Å²) in [5, 5.41) is 0.967. The highest BCUT2D eigenvalue weighted by Gasteiger charge is 2.65. The number of hydrogen-bond donors (Lipinski definition) is 0. The maximum Gasteiger partial charge on any atom is 0.241 e. The van der Waals surface area contributed by atoms with Crippen molar-refractivity contribution in [3.8, 4) is 0 Å². The first kappa shape index (κ1) is 25.2. The fraction of sp³-hybridized carbons (Fsp3) is 0.714. The number of fused-ring (bicyclic) bond motifs is 1. The van der Waals surface area contributed by atoms with Crippen LogP contribution in [0, 0.1) is 17.8 Å². The van der Waals surface area contributed by atoms with E-state index in [1.165, 1.54) is 31.0 Å². The Hall–Kier alpha value is 1.54. The van der Waals surface area contributed by atoms with E-state index in [0.29, 0.717) is 27.7 Å². The molecule has 1 aliphatic heterocycles. The first-order chi connectivity index (χ1) is 14.7. The number of halogens is 5. The minimum absolute atomic E-state index is 0.150. The molecule has 0 saturated heterocycles. The Morgan fingerprint density at radius 1 is 0.844 bits per heavy atom. The lowest BCUT2D eigenvalue weighted by Gasteiger charge is -2.57. The predicted molar refractivity (Wildman–Crippen MR) is 144 cm³/mol. The van der Waals surface area contributed by atoms with Crippen LogP contribution in [0.2, 0.25) is 39.7 Å². The number of alkyl halides is 1. The highest BCUT2D eigenvalue weighted by Crippen LogP contribution is 2.70. The number of benzene rings is 1. The Morgan fingerprint density at radius 3 is 1.78 bits per heavy atom. The summed E-state index contributed by atoms with van der Waals surface area (Å²) in [6, 6.07) is 0. The summed E-state index contributed by atoms with van der Waals surface area (Å²) in [6.45, 7) is 6.56. The van der Waals surface area contributed by atoms with Crippen LogP contribution in [-0.4, -0.2) is 24.1 Å². The molecule has 178 valence electrons. The minimum atomic E-state index is -3.73. The summed E-state index contributed by atoms with van der Waals surface area (Å²) in [4.78, 5) is 0.389. The highest BCUT2D eigenvalue weighted by atomic mass is 35.5. The van der Waals surface area contributed by atoms with Gasteiger partial charge in [-0.2, -0.15) is 0 Å². The van der Waals surface area contributed by atoms with Gasteiger partial charge in [0.25, 0.3) is 0 Å². The van der Waals surface area contributed by atoms with Crippen molar-refractivity contribution in [2.45, 2.75) is 75.6 Å². The van der Waals surface area contributed by atoms with Crippen LogP contribution >= 0.6 is 81.5 Å². The molecule has 2 unspecified atom stereocenters. The van der Waals surface area contributed by atoms with Crippen molar-refractivity contribution < 1.29 is 8.42 Å². The summed E-state index contributed by atoms with van der Waals surface area (Å²) >= 11 is 35.8. The molecule has 2 nitrogen and oxygen atoms in total. The number of thioether (sulfide) groups is 2. The van der Waals surface area contributed by atoms with E-state index in [2.05, 4.69) is 19.6 Å². The van der Waals surface area contributed by atoms with Gasteiger partial charge in [0.1, 0.15) is 0 Å². The third-order valence-electron chi connectivity index (χ3n) is 7.66. The van der Waals surface area contributed by atoms with Crippen LogP contribution in [0.3, 0.4) is 0 Å². The van der Waals surface area contributed by atoms with E-state index >= 15 is 0 Å². The monoisotopic (exact) mass is 608 g/mol. The Labute approximate surface area is 225 Å². The molecule has 0 radical (unpaired) electrons. The van der Waals surface area contributed by atoms with E-state index in [1.54, 1.807) is 0 Å². The van der Waals surface area contributed by atoms with Crippen LogP contribution in [0.15, 0.2) is 4.90 Å². The van der Waals surface area contributed by atoms with Crippen LogP contribution < -0.4 is 0 Å². The van der Waals surface area contributed by atoms with Gasteiger partial charge in [0.15, 0.2) is 9.84 Å². The quantitative estimate of drug-likeness (QED) is 0.148. The summed E-state index contributed by atoms with van der Waals surface area (Å²) in [6.07, 6.45) is 5.70. The van der Waals surface area contributed by atoms with Gasteiger partial charge in [-0.1, -0.05) is 89.4 Å². The minimum Gasteiger partial charge on any atom is -0.225 e. The first-order valence-corrected chi connectivity index (χ1v) is 19.5. The molecular weight excluding hydrogens is 586 g/mol. The van der Waals surface area contributed by atoms with Crippen LogP contribution in [0.4, 0.5) is 0 Å². The zero-order chi connectivity index (χ0) is 23.4. The zero-order valence-electron chi connectivity index (χ0n) is 18.0. The van der Waals surface area contributed by atoms with Crippen molar-refractivity contribution in [2.75, 3.05) is 0 Å². The van der Waals surface area contributed by atoms with Crippen molar-refractivity contribution >= 4 is 99.4 Å². The number of rotatable bonds is 3. The van der Waals surface area contributed by atoms with Crippen LogP contribution in [-0.2, 0) is 9.84 Å². The molecule has 4 fully saturated rings. The van der Waals surface area contributed by atoms with E-state index in [-0.39, 0.29) is 19.9 Å². The Kier molecular flexibility index (Phi) is 6.31. The molecule has 1 aromatic rings. The van der Waals surface area contributed by atoms with Crippen LogP contribution in [0.5, 0.6) is 0 Å². The molecule has 2 atom stereocenters. The summed E-state index contributed by atoms with van der Waals surface area (Å²) in [7, 11) is -5.74. The van der Waals surface area contributed by atoms with E-state index in [9.17, 15) is 8.42 Å². The van der Waals surface area contributed by atoms with Gasteiger partial charge in [0.05, 0.1) is 32.9 Å². The lowest BCUT2D eigenvalue weighted by molar-refractivity contribution is 0.0339. The molecule has 32 heavy (non-hydrogen) atoms. The van der Waals surface area contributed by atoms with E-state index in [4.69, 9.17) is 58.0 Å². The van der Waals surface area contributed by atoms with Gasteiger partial charge < -0.3 is 0 Å². The standard InChI is InChI=1S/C21H25Cl5O2S3Si/c1-32(2,3)19-13-14(22)15(23)16(24)17(25)18(13)29-21(26,30-19)31(27,28)20-7-10-4-11(8-20)6-12(5-10)9-20/h10-12,19H,4-9H2,1-3H3. The smallest absolute Gasteiger partial charge is 0.225 e. The van der Waals surface area contributed by atoms with Gasteiger partial charge in [-0.15, -0.1) is 11.8 Å². The largest absolute Gasteiger partial charge is 0.241 e. The van der Waals surface area contributed by atoms with Gasteiger partial charge in [-0.25, -0.2) is 8.42 Å². The maximum absolute atomic E-state index is 14.5. The third kappa shape index (κ3) is 3.59. The van der Waals surface area contributed by atoms with Gasteiger partial charge in [-0.05, 0) is 61.8 Å². The summed E-state index contributed by atoms with van der Waals surface area (Å²) < 4.78 is 26.7. The van der Waals surface area contributed by atoms with Crippen LogP contribution in [0.1, 0.15) is 49.0 Å². The predicted octanol–water partition coefficient (Wildman–Crippen LogP) is 9.29. The Bertz CT molecular complexity index is 1070. The van der Waals surface area contributed by atoms with Crippen molar-refractivity contribution in [1.82, 2.24) is 0 Å². The van der Waals surface area contributed by atoms with E-state index in [0.717, 1.165) is 36.6 Å². The molecule has 1 aromatic carbocycles. The summed E-state index contributed by atoms with van der Waals surface area (Å²) in [5.74, 6) is 1.50. The normalized spacial score (nSPS) is 38.8. The molecule has 4 aliphatic carbocycles. The second kappa shape index (κ2) is 8.02. The molecule has 0 spiro atoms. The molecule has 1 heterocycles. The topological polar surface area (TPSA) is 34.1 Å². The first-order valence-electron chi connectivity index (χ1n) is 10.8. The second-order valence-electron chi connectivity index (χ2n) is 11.1. The van der Waals surface area contributed by atoms with E-state index in [1.807, 2.05) is 0 Å². The van der Waals surface area contributed by atoms with Crippen molar-refractivity contribution in [1.29, 1.82) is 0 Å². The van der Waals surface area contributed by atoms with Gasteiger partial charge in [-0.3, -0.25) is 0 Å². The third-order valence-corrected chi connectivity index (χ3v) is 21.3. The molecule has 11 heteroatoms. The molecule has 0 N–H and O–H groups in total. The number of hydrogen-bond acceptors (Lipinski definition) is 4. The zero-order valence-corrected chi connectivity index (χ0v) is 25.2. The highest BCUT2D eigenvalue weighted by molar-refractivity contribution is 8.34. The maximum atomic E-state index is 14.5. The van der Waals surface area contributed by atoms with Gasteiger partial charge in [0.2, 0.25) is 2.87 Å². The van der Waals surface area contributed by atoms with Crippen molar-refractivity contribution in [3.63, 3.8) is 0 Å². The molecule has 4 bridgehead atoms. The lowest BCUT2D eigenvalue weighted by atomic mass is 9.56. The van der Waals surface area contributed by atoms with Crippen molar-refractivity contribution in [3.05, 3.63) is 25.7 Å². The van der Waals surface area contributed by atoms with Crippen molar-refractivity contribution in [2.24, 2.45) is 17.8 Å². The molecule has 0 aromatic heterocycles. The molecule has 5 aliphatic rings. The average molecular weight is 611 g/mol. The van der Waals surface area contributed by atoms with Gasteiger partial charge in [0, 0.05) is 9.77 Å². The molecule has 0 amide bonds. The fourth-order valence-corrected chi connectivity index (χ4v) is 19.6. The molecule has 6 rings (SSSR count). The average Bonchev–Trinajstić information content (AvgIpc) is 2.68. The number of sulfone groups is 1. The summed E-state index contributed by atoms with van der Waals surface area (Å²) in [5.41, 5.74) is 0.789. The Balaban J connectivity index is 1.66. The van der Waals surface area contributed by atoms with Gasteiger partial charge >= 0.3 is 0 Å². The lowest BCUT2D eigenvalue weighted by Crippen LogP contribution is -2.58. The second-order valence-corrected chi connectivity index (χ2v) is 25.3. The van der Waals surface area contributed by atoms with E-state index < -0.39 is 25.5 Å².